The summed E-state index contributed by atoms with van der Waals surface area (Å²) in [4.78, 5) is 31.4. The molecule has 6 atom stereocenters. The van der Waals surface area contributed by atoms with E-state index >= 15 is 0 Å². The summed E-state index contributed by atoms with van der Waals surface area (Å²) in [7, 11) is -3.14. The predicted molar refractivity (Wildman–Crippen MR) is 153 cm³/mol. The standard InChI is InChI=1S/C26H30N7O10P/c1-16(24(36)40-14-17-6-4-3-5-7-17)30-44(38,43-19-10-8-18(39-2)9-11-19)41-15-26(31-32-28)22(35)21(34)23(42-26)33-13-12-20(27)29-25(33)37/h3-13,16,21-23,34-35H,14-15H2,1-2H3,(H,30,38)(H2,27,29,37)/t16-,21+,22-,23+,26?,44?/m0/s1. The number of aliphatic hydroxyl groups is 2. The largest absolute Gasteiger partial charge is 0.497 e. The van der Waals surface area contributed by atoms with Crippen LogP contribution in [0, 0.1) is 0 Å². The smallest absolute Gasteiger partial charge is 0.459 e. The molecule has 1 fully saturated rings. The molecule has 234 valence electrons. The van der Waals surface area contributed by atoms with Crippen molar-refractivity contribution in [3.05, 3.63) is 93.4 Å². The van der Waals surface area contributed by atoms with Gasteiger partial charge in [-0.2, -0.15) is 10.1 Å². The molecule has 18 heteroatoms. The normalized spacial score (nSPS) is 23.1. The fourth-order valence-electron chi connectivity index (χ4n) is 4.11. The van der Waals surface area contributed by atoms with Gasteiger partial charge in [0.05, 0.1) is 13.7 Å². The SMILES string of the molecule is COc1ccc(OP(=O)(N[C@@H](C)C(=O)OCc2ccccc2)OCC2(N=[N+]=[N-])O[C@@H](n3ccc(N)nc3=O)[C@H](O)[C@@H]2O)cc1. The maximum atomic E-state index is 14.1. The first-order valence-electron chi connectivity index (χ1n) is 13.0. The van der Waals surface area contributed by atoms with Gasteiger partial charge in [-0.1, -0.05) is 35.4 Å². The third kappa shape index (κ3) is 7.53. The fourth-order valence-corrected chi connectivity index (χ4v) is 5.62. The highest BCUT2D eigenvalue weighted by atomic mass is 31.2. The first kappa shape index (κ1) is 32.4. The minimum absolute atomic E-state index is 0.0228. The van der Waals surface area contributed by atoms with Gasteiger partial charge in [0.2, 0.25) is 5.72 Å². The molecule has 2 unspecified atom stereocenters. The van der Waals surface area contributed by atoms with Crippen LogP contribution in [0.25, 0.3) is 10.4 Å². The lowest BCUT2D eigenvalue weighted by atomic mass is 10.1. The summed E-state index contributed by atoms with van der Waals surface area (Å²) in [6, 6.07) is 14.7. The van der Waals surface area contributed by atoms with Crippen LogP contribution in [0.3, 0.4) is 0 Å². The molecule has 0 saturated carbocycles. The average Bonchev–Trinajstić information content (AvgIpc) is 3.25. The van der Waals surface area contributed by atoms with E-state index in [1.807, 2.05) is 0 Å². The van der Waals surface area contributed by atoms with Crippen LogP contribution in [0.15, 0.2) is 76.8 Å². The summed E-state index contributed by atoms with van der Waals surface area (Å²) in [5.41, 5.74) is 12.2. The zero-order valence-electron chi connectivity index (χ0n) is 23.5. The molecule has 4 rings (SSSR count). The summed E-state index contributed by atoms with van der Waals surface area (Å²) in [6.07, 6.45) is -4.29. The average molecular weight is 632 g/mol. The first-order valence-corrected chi connectivity index (χ1v) is 14.5. The number of esters is 1. The second kappa shape index (κ2) is 13.9. The number of rotatable bonds is 13. The van der Waals surface area contributed by atoms with Crippen LogP contribution >= 0.6 is 7.75 Å². The van der Waals surface area contributed by atoms with Crippen LogP contribution in [0.5, 0.6) is 11.5 Å². The van der Waals surface area contributed by atoms with Crippen molar-refractivity contribution in [1.29, 1.82) is 0 Å². The second-order valence-corrected chi connectivity index (χ2v) is 11.2. The molecule has 2 heterocycles. The number of carbonyl (C=O) groups excluding carboxylic acids is 1. The van der Waals surface area contributed by atoms with E-state index in [0.29, 0.717) is 11.3 Å². The van der Waals surface area contributed by atoms with E-state index in [4.69, 9.17) is 29.0 Å². The predicted octanol–water partition coefficient (Wildman–Crippen LogP) is 2.02. The number of aromatic nitrogens is 2. The van der Waals surface area contributed by atoms with E-state index in [9.17, 15) is 29.9 Å². The number of anilines is 1. The zero-order chi connectivity index (χ0) is 31.9. The summed E-state index contributed by atoms with van der Waals surface area (Å²) in [5.74, 6) is -0.419. The second-order valence-electron chi connectivity index (χ2n) is 9.50. The zero-order valence-corrected chi connectivity index (χ0v) is 24.4. The van der Waals surface area contributed by atoms with Crippen molar-refractivity contribution in [2.45, 2.75) is 43.7 Å². The van der Waals surface area contributed by atoms with Crippen molar-refractivity contribution in [2.75, 3.05) is 19.5 Å². The first-order chi connectivity index (χ1) is 21.0. The molecule has 1 aromatic heterocycles. The van der Waals surface area contributed by atoms with Crippen LogP contribution in [-0.2, 0) is 30.0 Å². The summed E-state index contributed by atoms with van der Waals surface area (Å²) in [5, 5.41) is 27.6. The molecule has 0 spiro atoms. The van der Waals surface area contributed by atoms with Crippen molar-refractivity contribution in [3.8, 4) is 11.5 Å². The minimum Gasteiger partial charge on any atom is -0.497 e. The Morgan fingerprint density at radius 2 is 1.91 bits per heavy atom. The topological polar surface area (TPSA) is 242 Å². The van der Waals surface area contributed by atoms with E-state index in [2.05, 4.69) is 20.1 Å². The van der Waals surface area contributed by atoms with Gasteiger partial charge in [0.1, 0.15) is 42.2 Å². The lowest BCUT2D eigenvalue weighted by Crippen LogP contribution is -2.45. The Labute approximate surface area is 250 Å². The molecule has 1 saturated heterocycles. The molecule has 5 N–H and O–H groups in total. The van der Waals surface area contributed by atoms with Gasteiger partial charge in [0, 0.05) is 11.1 Å². The van der Waals surface area contributed by atoms with Gasteiger partial charge in [-0.25, -0.2) is 9.36 Å². The number of nitrogen functional groups attached to an aromatic ring is 1. The number of carbonyl (C=O) groups is 1. The Kier molecular flexibility index (Phi) is 10.2. The molecule has 3 aromatic rings. The van der Waals surface area contributed by atoms with Gasteiger partial charge in [-0.15, -0.1) is 0 Å². The molecular formula is C26H30N7O10P. The van der Waals surface area contributed by atoms with Crippen LogP contribution < -0.4 is 25.8 Å². The van der Waals surface area contributed by atoms with Crippen molar-refractivity contribution in [3.63, 3.8) is 0 Å². The molecule has 0 amide bonds. The molecule has 0 radical (unpaired) electrons. The number of nitrogens with zero attached hydrogens (tertiary/aromatic N) is 5. The highest BCUT2D eigenvalue weighted by Gasteiger charge is 2.56. The molecule has 1 aliphatic heterocycles. The van der Waals surface area contributed by atoms with Crippen LogP contribution in [0.1, 0.15) is 18.7 Å². The summed E-state index contributed by atoms with van der Waals surface area (Å²) >= 11 is 0. The van der Waals surface area contributed by atoms with E-state index in [-0.39, 0.29) is 18.2 Å². The Morgan fingerprint density at radius 1 is 1.23 bits per heavy atom. The van der Waals surface area contributed by atoms with Crippen LogP contribution in [0.2, 0.25) is 0 Å². The number of nitrogens with two attached hydrogens (primary N) is 1. The van der Waals surface area contributed by atoms with Gasteiger partial charge in [-0.05, 0) is 48.4 Å². The Balaban J connectivity index is 1.57. The molecule has 0 bridgehead atoms. The number of aliphatic hydroxyl groups excluding tert-OH is 2. The number of azide groups is 1. The van der Waals surface area contributed by atoms with Crippen molar-refractivity contribution >= 4 is 19.5 Å². The maximum Gasteiger partial charge on any atom is 0.459 e. The Bertz CT molecular complexity index is 1600. The summed E-state index contributed by atoms with van der Waals surface area (Å²) < 4.78 is 42.1. The Morgan fingerprint density at radius 3 is 2.55 bits per heavy atom. The van der Waals surface area contributed by atoms with Gasteiger partial charge < -0.3 is 34.7 Å². The Hall–Kier alpha value is -4.47. The van der Waals surface area contributed by atoms with Gasteiger partial charge in [-0.3, -0.25) is 13.9 Å². The van der Waals surface area contributed by atoms with Gasteiger partial charge >= 0.3 is 19.4 Å². The highest BCUT2D eigenvalue weighted by Crippen LogP contribution is 2.48. The van der Waals surface area contributed by atoms with Crippen LogP contribution in [0.4, 0.5) is 5.82 Å². The van der Waals surface area contributed by atoms with Gasteiger partial charge in [0.15, 0.2) is 6.23 Å². The van der Waals surface area contributed by atoms with Crippen LogP contribution in [-0.4, -0.2) is 63.4 Å². The molecule has 2 aromatic carbocycles. The third-order valence-electron chi connectivity index (χ3n) is 6.40. The third-order valence-corrected chi connectivity index (χ3v) is 8.02. The molecule has 17 nitrogen and oxygen atoms in total. The molecule has 44 heavy (non-hydrogen) atoms. The summed E-state index contributed by atoms with van der Waals surface area (Å²) in [6.45, 7) is 0.315. The number of hydrogen-bond donors (Lipinski definition) is 4. The maximum absolute atomic E-state index is 14.1. The monoisotopic (exact) mass is 631 g/mol. The minimum atomic E-state index is -4.59. The number of hydrogen-bond acceptors (Lipinski definition) is 13. The molecule has 0 aliphatic carbocycles. The van der Waals surface area contributed by atoms with E-state index in [0.717, 1.165) is 10.8 Å². The highest BCUT2D eigenvalue weighted by molar-refractivity contribution is 7.52. The van der Waals surface area contributed by atoms with Crippen molar-refractivity contribution in [2.24, 2.45) is 5.11 Å². The lowest BCUT2D eigenvalue weighted by Gasteiger charge is -2.29. The number of ether oxygens (including phenoxy) is 3. The number of methoxy groups -OCH3 is 1. The molecule has 1 aliphatic rings. The quantitative estimate of drug-likeness (QED) is 0.0694. The van der Waals surface area contributed by atoms with E-state index in [1.165, 1.54) is 44.4 Å². The number of benzene rings is 2. The van der Waals surface area contributed by atoms with Crippen molar-refractivity contribution in [1.82, 2.24) is 14.6 Å². The van der Waals surface area contributed by atoms with Gasteiger partial charge in [0.25, 0.3) is 0 Å². The number of nitrogens with one attached hydrogen (secondary N) is 1. The lowest BCUT2D eigenvalue weighted by molar-refractivity contribution is -0.146. The fraction of sp³-hybridized carbons (Fsp3) is 0.346. The van der Waals surface area contributed by atoms with Crippen molar-refractivity contribution < 1.29 is 42.8 Å². The van der Waals surface area contributed by atoms with E-state index < -0.39 is 56.2 Å². The van der Waals surface area contributed by atoms with E-state index in [1.54, 1.807) is 30.3 Å². The molecular weight excluding hydrogens is 601 g/mol.